The third kappa shape index (κ3) is 2.79. The van der Waals surface area contributed by atoms with Crippen molar-refractivity contribution < 1.29 is 28.2 Å². The van der Waals surface area contributed by atoms with Crippen LogP contribution in [0.1, 0.15) is 29.6 Å². The standard InChI is InChI=1S/C15H18N2O6S/c18-11-6-3-5-10(14(11)20)16-13(19)8-17-15(21)9-4-1-2-7-12(9)24(17,22)23/h1-2,4,7,10-11,14,18,20H,3,5-6,8H2,(H,16,19)/t10-,11-,14-/m1/s1. The average Bonchev–Trinajstić information content (AvgIpc) is 2.73. The van der Waals surface area contributed by atoms with Crippen LogP contribution >= 0.6 is 0 Å². The zero-order chi connectivity index (χ0) is 17.5. The van der Waals surface area contributed by atoms with Crippen molar-refractivity contribution in [1.82, 2.24) is 9.62 Å². The molecule has 24 heavy (non-hydrogen) atoms. The number of carbonyl (C=O) groups is 2. The molecule has 8 nitrogen and oxygen atoms in total. The number of hydrogen-bond acceptors (Lipinski definition) is 6. The van der Waals surface area contributed by atoms with Crippen LogP contribution in [0.2, 0.25) is 0 Å². The van der Waals surface area contributed by atoms with Gasteiger partial charge in [0.05, 0.1) is 23.8 Å². The van der Waals surface area contributed by atoms with Crippen molar-refractivity contribution in [2.75, 3.05) is 6.54 Å². The molecular weight excluding hydrogens is 336 g/mol. The zero-order valence-corrected chi connectivity index (χ0v) is 13.6. The van der Waals surface area contributed by atoms with Crippen LogP contribution in [0.3, 0.4) is 0 Å². The third-order valence-electron chi connectivity index (χ3n) is 4.37. The van der Waals surface area contributed by atoms with Crippen LogP contribution in [0.25, 0.3) is 0 Å². The summed E-state index contributed by atoms with van der Waals surface area (Å²) in [5.41, 5.74) is 0.0402. The lowest BCUT2D eigenvalue weighted by atomic mass is 9.90. The Morgan fingerprint density at radius 2 is 1.96 bits per heavy atom. The molecule has 0 aromatic heterocycles. The predicted molar refractivity (Wildman–Crippen MR) is 82.5 cm³/mol. The lowest BCUT2D eigenvalue weighted by Crippen LogP contribution is -2.53. The van der Waals surface area contributed by atoms with Crippen LogP contribution in [-0.4, -0.2) is 59.5 Å². The minimum atomic E-state index is -4.04. The van der Waals surface area contributed by atoms with Crippen molar-refractivity contribution in [2.24, 2.45) is 0 Å². The fraction of sp³-hybridized carbons (Fsp3) is 0.467. The van der Waals surface area contributed by atoms with Gasteiger partial charge >= 0.3 is 0 Å². The quantitative estimate of drug-likeness (QED) is 0.654. The van der Waals surface area contributed by atoms with Gasteiger partial charge in [-0.3, -0.25) is 9.59 Å². The largest absolute Gasteiger partial charge is 0.390 e. The molecule has 0 bridgehead atoms. The van der Waals surface area contributed by atoms with Crippen LogP contribution in [0.5, 0.6) is 0 Å². The second-order valence-electron chi connectivity index (χ2n) is 5.98. The molecule has 0 unspecified atom stereocenters. The van der Waals surface area contributed by atoms with Crippen LogP contribution in [0.4, 0.5) is 0 Å². The molecule has 1 aromatic rings. The molecule has 1 fully saturated rings. The Morgan fingerprint density at radius 1 is 1.25 bits per heavy atom. The average molecular weight is 354 g/mol. The number of aliphatic hydroxyl groups excluding tert-OH is 2. The van der Waals surface area contributed by atoms with Gasteiger partial charge in [-0.1, -0.05) is 12.1 Å². The minimum Gasteiger partial charge on any atom is -0.390 e. The van der Waals surface area contributed by atoms with E-state index < -0.39 is 46.6 Å². The highest BCUT2D eigenvalue weighted by Gasteiger charge is 2.42. The van der Waals surface area contributed by atoms with E-state index in [4.69, 9.17) is 0 Å². The first-order valence-electron chi connectivity index (χ1n) is 7.64. The molecule has 0 radical (unpaired) electrons. The van der Waals surface area contributed by atoms with Gasteiger partial charge in [-0.25, -0.2) is 12.7 Å². The Bertz CT molecular complexity index is 778. The summed E-state index contributed by atoms with van der Waals surface area (Å²) in [7, 11) is -4.04. The lowest BCUT2D eigenvalue weighted by Gasteiger charge is -2.32. The highest BCUT2D eigenvalue weighted by Crippen LogP contribution is 2.29. The Labute approximate surface area is 139 Å². The van der Waals surface area contributed by atoms with Gasteiger partial charge in [0.1, 0.15) is 11.4 Å². The SMILES string of the molecule is O=C(CN1C(=O)c2ccccc2S1(=O)=O)N[C@@H]1CCC[C@@H](O)[C@@H]1O. The maximum atomic E-state index is 12.4. The first-order chi connectivity index (χ1) is 11.3. The zero-order valence-electron chi connectivity index (χ0n) is 12.8. The smallest absolute Gasteiger partial charge is 0.269 e. The Kier molecular flexibility index (Phi) is 4.33. The summed E-state index contributed by atoms with van der Waals surface area (Å²) < 4.78 is 25.3. The monoisotopic (exact) mass is 354 g/mol. The third-order valence-corrected chi connectivity index (χ3v) is 6.15. The lowest BCUT2D eigenvalue weighted by molar-refractivity contribution is -0.124. The van der Waals surface area contributed by atoms with Gasteiger partial charge in [0.15, 0.2) is 0 Å². The van der Waals surface area contributed by atoms with Gasteiger partial charge in [0, 0.05) is 0 Å². The van der Waals surface area contributed by atoms with E-state index in [0.29, 0.717) is 23.6 Å². The molecule has 1 aromatic carbocycles. The summed E-state index contributed by atoms with van der Waals surface area (Å²) in [5, 5.41) is 22.0. The van der Waals surface area contributed by atoms with E-state index in [2.05, 4.69) is 5.32 Å². The molecule has 3 N–H and O–H groups in total. The van der Waals surface area contributed by atoms with Gasteiger partial charge in [-0.2, -0.15) is 0 Å². The minimum absolute atomic E-state index is 0.0402. The maximum Gasteiger partial charge on any atom is 0.269 e. The molecule has 0 spiro atoms. The summed E-state index contributed by atoms with van der Waals surface area (Å²) in [6, 6.07) is 5.11. The highest BCUT2D eigenvalue weighted by molar-refractivity contribution is 7.90. The van der Waals surface area contributed by atoms with Crippen LogP contribution in [-0.2, 0) is 14.8 Å². The van der Waals surface area contributed by atoms with E-state index in [1.54, 1.807) is 6.07 Å². The summed E-state index contributed by atoms with van der Waals surface area (Å²) in [6.07, 6.45) is -0.473. The van der Waals surface area contributed by atoms with Gasteiger partial charge in [0.25, 0.3) is 15.9 Å². The number of aliphatic hydroxyl groups is 2. The van der Waals surface area contributed by atoms with E-state index in [1.807, 2.05) is 0 Å². The normalized spacial score (nSPS) is 28.5. The number of nitrogens with zero attached hydrogens (tertiary/aromatic N) is 1. The molecule has 1 aliphatic carbocycles. The molecule has 3 atom stereocenters. The molecule has 2 amide bonds. The maximum absolute atomic E-state index is 12.4. The summed E-state index contributed by atoms with van der Waals surface area (Å²) in [4.78, 5) is 24.3. The Morgan fingerprint density at radius 3 is 2.67 bits per heavy atom. The van der Waals surface area contributed by atoms with Crippen molar-refractivity contribution in [3.05, 3.63) is 29.8 Å². The van der Waals surface area contributed by atoms with E-state index in [1.165, 1.54) is 18.2 Å². The number of benzene rings is 1. The number of hydrogen-bond donors (Lipinski definition) is 3. The van der Waals surface area contributed by atoms with Crippen molar-refractivity contribution in [3.63, 3.8) is 0 Å². The topological polar surface area (TPSA) is 124 Å². The number of amides is 2. The van der Waals surface area contributed by atoms with Gasteiger partial charge in [0.2, 0.25) is 5.91 Å². The number of fused-ring (bicyclic) bond motifs is 1. The molecule has 1 saturated carbocycles. The second-order valence-corrected chi connectivity index (χ2v) is 7.81. The Hall–Kier alpha value is -1.97. The van der Waals surface area contributed by atoms with E-state index in [-0.39, 0.29) is 10.5 Å². The van der Waals surface area contributed by atoms with Crippen molar-refractivity contribution >= 4 is 21.8 Å². The molecule has 130 valence electrons. The molecular formula is C15H18N2O6S. The fourth-order valence-corrected chi connectivity index (χ4v) is 4.61. The number of nitrogens with one attached hydrogen (secondary N) is 1. The summed E-state index contributed by atoms with van der Waals surface area (Å²) >= 11 is 0. The molecule has 9 heteroatoms. The van der Waals surface area contributed by atoms with E-state index >= 15 is 0 Å². The first-order valence-corrected chi connectivity index (χ1v) is 9.08. The fourth-order valence-electron chi connectivity index (χ4n) is 3.08. The number of sulfonamides is 1. The number of rotatable bonds is 3. The van der Waals surface area contributed by atoms with Crippen molar-refractivity contribution in [3.8, 4) is 0 Å². The van der Waals surface area contributed by atoms with Crippen molar-refractivity contribution in [2.45, 2.75) is 42.4 Å². The molecule has 0 saturated heterocycles. The Balaban J connectivity index is 1.73. The van der Waals surface area contributed by atoms with Gasteiger partial charge in [-0.05, 0) is 31.4 Å². The van der Waals surface area contributed by atoms with Crippen LogP contribution in [0.15, 0.2) is 29.2 Å². The summed E-state index contributed by atoms with van der Waals surface area (Å²) in [6.45, 7) is -0.658. The molecule has 2 aliphatic rings. The first kappa shape index (κ1) is 16.9. The summed E-state index contributed by atoms with van der Waals surface area (Å²) in [5.74, 6) is -1.44. The van der Waals surface area contributed by atoms with Gasteiger partial charge in [-0.15, -0.1) is 0 Å². The van der Waals surface area contributed by atoms with Crippen LogP contribution < -0.4 is 5.32 Å². The van der Waals surface area contributed by atoms with Crippen LogP contribution in [0, 0.1) is 0 Å². The van der Waals surface area contributed by atoms with E-state index in [9.17, 15) is 28.2 Å². The van der Waals surface area contributed by atoms with E-state index in [0.717, 1.165) is 0 Å². The predicted octanol–water partition coefficient (Wildman–Crippen LogP) is -0.778. The number of carbonyl (C=O) groups excluding carboxylic acids is 2. The van der Waals surface area contributed by atoms with Gasteiger partial charge < -0.3 is 15.5 Å². The van der Waals surface area contributed by atoms with Crippen molar-refractivity contribution in [1.29, 1.82) is 0 Å². The molecule has 1 aliphatic heterocycles. The molecule has 1 heterocycles. The second kappa shape index (κ2) is 6.15. The highest BCUT2D eigenvalue weighted by atomic mass is 32.2. The molecule has 3 rings (SSSR count).